The minimum Gasteiger partial charge on any atom is -0.450 e. The molecule has 0 bridgehead atoms. The fourth-order valence-electron chi connectivity index (χ4n) is 2.84. The van der Waals surface area contributed by atoms with E-state index in [0.717, 1.165) is 24.8 Å². The van der Waals surface area contributed by atoms with Crippen molar-refractivity contribution in [3.05, 3.63) is 35.9 Å². The molecule has 1 aliphatic carbocycles. The molecule has 0 aliphatic heterocycles. The van der Waals surface area contributed by atoms with Crippen LogP contribution < -0.4 is 5.32 Å². The number of carbonyl (C=O) groups is 1. The number of hydrogen-bond acceptors (Lipinski definition) is 4. The van der Waals surface area contributed by atoms with Crippen LogP contribution in [0.1, 0.15) is 31.7 Å². The van der Waals surface area contributed by atoms with Crippen LogP contribution in [0, 0.1) is 0 Å². The van der Waals surface area contributed by atoms with E-state index in [2.05, 4.69) is 5.32 Å². The van der Waals surface area contributed by atoms with Gasteiger partial charge in [0, 0.05) is 7.11 Å². The Morgan fingerprint density at radius 1 is 1.23 bits per heavy atom. The first kappa shape index (κ1) is 16.8. The van der Waals surface area contributed by atoms with Crippen molar-refractivity contribution in [2.75, 3.05) is 13.7 Å². The molecule has 0 aromatic heterocycles. The molecule has 1 aromatic rings. The van der Waals surface area contributed by atoms with E-state index < -0.39 is 6.09 Å². The smallest absolute Gasteiger partial charge is 0.407 e. The largest absolute Gasteiger partial charge is 0.450 e. The van der Waals surface area contributed by atoms with Crippen molar-refractivity contribution in [1.29, 1.82) is 0 Å². The maximum Gasteiger partial charge on any atom is 0.407 e. The van der Waals surface area contributed by atoms with Crippen LogP contribution in [0.5, 0.6) is 0 Å². The summed E-state index contributed by atoms with van der Waals surface area (Å²) in [7, 11) is 1.67. The number of alkyl carbamates (subject to hydrolysis) is 1. The van der Waals surface area contributed by atoms with Crippen LogP contribution in [-0.2, 0) is 20.8 Å². The summed E-state index contributed by atoms with van der Waals surface area (Å²) in [5.41, 5.74) is 1.12. The van der Waals surface area contributed by atoms with E-state index in [-0.39, 0.29) is 18.2 Å². The maximum absolute atomic E-state index is 11.7. The van der Waals surface area contributed by atoms with Gasteiger partial charge in [-0.05, 0) is 31.7 Å². The van der Waals surface area contributed by atoms with Gasteiger partial charge in [0.2, 0.25) is 0 Å². The standard InChI is InChI=1S/C17H25NO4/c1-3-21-17(19)18-16-14(20-2)10-7-11-15(16)22-12-13-8-5-4-6-9-13/h4-6,8-9,14-16H,3,7,10-12H2,1-2H3,(H,18,19)/t14-,15-,16+/m0/s1. The Bertz CT molecular complexity index is 451. The van der Waals surface area contributed by atoms with E-state index in [4.69, 9.17) is 14.2 Å². The molecular formula is C17H25NO4. The molecule has 2 rings (SSSR count). The number of benzene rings is 1. The van der Waals surface area contributed by atoms with Crippen LogP contribution in [0.3, 0.4) is 0 Å². The number of nitrogens with one attached hydrogen (secondary N) is 1. The molecule has 0 spiro atoms. The van der Waals surface area contributed by atoms with Gasteiger partial charge in [0.25, 0.3) is 0 Å². The Labute approximate surface area is 131 Å². The predicted molar refractivity (Wildman–Crippen MR) is 83.6 cm³/mol. The van der Waals surface area contributed by atoms with Gasteiger partial charge in [-0.1, -0.05) is 30.3 Å². The fourth-order valence-corrected chi connectivity index (χ4v) is 2.84. The monoisotopic (exact) mass is 307 g/mol. The van der Waals surface area contributed by atoms with Gasteiger partial charge >= 0.3 is 6.09 Å². The van der Waals surface area contributed by atoms with Gasteiger partial charge in [-0.25, -0.2) is 4.79 Å². The SMILES string of the molecule is CCOC(=O)N[C@@H]1[C@@H](OC)CCC[C@@H]1OCc1ccccc1. The van der Waals surface area contributed by atoms with Gasteiger partial charge in [-0.3, -0.25) is 0 Å². The number of rotatable bonds is 6. The van der Waals surface area contributed by atoms with Crippen molar-refractivity contribution in [2.24, 2.45) is 0 Å². The molecular weight excluding hydrogens is 282 g/mol. The van der Waals surface area contributed by atoms with E-state index in [0.29, 0.717) is 13.2 Å². The Balaban J connectivity index is 1.97. The van der Waals surface area contributed by atoms with Gasteiger partial charge in [0.05, 0.1) is 31.5 Å². The summed E-state index contributed by atoms with van der Waals surface area (Å²) in [6.07, 6.45) is 2.33. The van der Waals surface area contributed by atoms with Gasteiger partial charge < -0.3 is 19.5 Å². The average Bonchev–Trinajstić information content (AvgIpc) is 2.55. The van der Waals surface area contributed by atoms with Crippen LogP contribution in [-0.4, -0.2) is 38.1 Å². The van der Waals surface area contributed by atoms with E-state index in [1.807, 2.05) is 30.3 Å². The second-order valence-corrected chi connectivity index (χ2v) is 5.43. The summed E-state index contributed by atoms with van der Waals surface area (Å²) in [6, 6.07) is 9.85. The Morgan fingerprint density at radius 3 is 2.64 bits per heavy atom. The third-order valence-corrected chi connectivity index (χ3v) is 3.95. The minimum atomic E-state index is -0.412. The lowest BCUT2D eigenvalue weighted by Gasteiger charge is -2.37. The van der Waals surface area contributed by atoms with E-state index in [1.54, 1.807) is 14.0 Å². The quantitative estimate of drug-likeness (QED) is 0.878. The molecule has 5 nitrogen and oxygen atoms in total. The highest BCUT2D eigenvalue weighted by Gasteiger charge is 2.35. The topological polar surface area (TPSA) is 56.8 Å². The molecule has 22 heavy (non-hydrogen) atoms. The third-order valence-electron chi connectivity index (χ3n) is 3.95. The molecule has 122 valence electrons. The Hall–Kier alpha value is -1.59. The summed E-state index contributed by atoms with van der Waals surface area (Å²) in [5.74, 6) is 0. The summed E-state index contributed by atoms with van der Waals surface area (Å²) in [4.78, 5) is 11.7. The van der Waals surface area contributed by atoms with Crippen LogP contribution >= 0.6 is 0 Å². The molecule has 1 aliphatic rings. The van der Waals surface area contributed by atoms with Gasteiger partial charge in [0.1, 0.15) is 0 Å². The molecule has 0 unspecified atom stereocenters. The molecule has 0 radical (unpaired) electrons. The zero-order valence-electron chi connectivity index (χ0n) is 13.3. The van der Waals surface area contributed by atoms with Gasteiger partial charge in [-0.2, -0.15) is 0 Å². The lowest BCUT2D eigenvalue weighted by molar-refractivity contribution is -0.0629. The summed E-state index contributed by atoms with van der Waals surface area (Å²) < 4.78 is 16.5. The number of carbonyl (C=O) groups excluding carboxylic acids is 1. The molecule has 1 saturated carbocycles. The van der Waals surface area contributed by atoms with E-state index in [1.165, 1.54) is 0 Å². The zero-order chi connectivity index (χ0) is 15.8. The lowest BCUT2D eigenvalue weighted by Crippen LogP contribution is -2.54. The van der Waals surface area contributed by atoms with Gasteiger partial charge in [0.15, 0.2) is 0 Å². The highest BCUT2D eigenvalue weighted by Crippen LogP contribution is 2.25. The first-order valence-corrected chi connectivity index (χ1v) is 7.86. The second-order valence-electron chi connectivity index (χ2n) is 5.43. The molecule has 0 saturated heterocycles. The summed E-state index contributed by atoms with van der Waals surface area (Å²) >= 11 is 0. The lowest BCUT2D eigenvalue weighted by atomic mass is 9.89. The molecule has 3 atom stereocenters. The van der Waals surface area contributed by atoms with E-state index in [9.17, 15) is 4.79 Å². The Morgan fingerprint density at radius 2 is 1.95 bits per heavy atom. The molecule has 1 aromatic carbocycles. The maximum atomic E-state index is 11.7. The van der Waals surface area contributed by atoms with Crippen molar-refractivity contribution in [2.45, 2.75) is 51.0 Å². The first-order chi connectivity index (χ1) is 10.7. The van der Waals surface area contributed by atoms with Crippen LogP contribution in [0.2, 0.25) is 0 Å². The van der Waals surface area contributed by atoms with Crippen LogP contribution in [0.4, 0.5) is 4.79 Å². The molecule has 1 amide bonds. The number of amides is 1. The van der Waals surface area contributed by atoms with Crippen molar-refractivity contribution in [3.63, 3.8) is 0 Å². The number of ether oxygens (including phenoxy) is 3. The fraction of sp³-hybridized carbons (Fsp3) is 0.588. The summed E-state index contributed by atoms with van der Waals surface area (Å²) in [5, 5.41) is 2.90. The molecule has 1 fully saturated rings. The first-order valence-electron chi connectivity index (χ1n) is 7.86. The minimum absolute atomic E-state index is 0.0427. The number of hydrogen-bond donors (Lipinski definition) is 1. The van der Waals surface area contributed by atoms with Crippen LogP contribution in [0.15, 0.2) is 30.3 Å². The number of methoxy groups -OCH3 is 1. The average molecular weight is 307 g/mol. The second kappa shape index (κ2) is 8.76. The van der Waals surface area contributed by atoms with Gasteiger partial charge in [-0.15, -0.1) is 0 Å². The molecule has 1 N–H and O–H groups in total. The van der Waals surface area contributed by atoms with Crippen molar-refractivity contribution < 1.29 is 19.0 Å². The highest BCUT2D eigenvalue weighted by molar-refractivity contribution is 5.67. The predicted octanol–water partition coefficient (Wildman–Crippen LogP) is 2.89. The normalized spacial score (nSPS) is 24.7. The zero-order valence-corrected chi connectivity index (χ0v) is 13.3. The van der Waals surface area contributed by atoms with Crippen molar-refractivity contribution >= 4 is 6.09 Å². The van der Waals surface area contributed by atoms with Crippen molar-refractivity contribution in [3.8, 4) is 0 Å². The van der Waals surface area contributed by atoms with E-state index >= 15 is 0 Å². The molecule has 0 heterocycles. The highest BCUT2D eigenvalue weighted by atomic mass is 16.6. The Kier molecular flexibility index (Phi) is 6.68. The molecule has 5 heteroatoms. The van der Waals surface area contributed by atoms with Crippen LogP contribution in [0.25, 0.3) is 0 Å². The summed E-state index contributed by atoms with van der Waals surface area (Å²) in [6.45, 7) is 2.67. The van der Waals surface area contributed by atoms with Crippen molar-refractivity contribution in [1.82, 2.24) is 5.32 Å². The third kappa shape index (κ3) is 4.71.